The van der Waals surface area contributed by atoms with Gasteiger partial charge in [0, 0.05) is 31.5 Å². The van der Waals surface area contributed by atoms with Crippen LogP contribution in [0.5, 0.6) is 0 Å². The van der Waals surface area contributed by atoms with Gasteiger partial charge < -0.3 is 20.1 Å². The second-order valence-corrected chi connectivity index (χ2v) is 9.71. The third kappa shape index (κ3) is 4.15. The van der Waals surface area contributed by atoms with Gasteiger partial charge in [-0.2, -0.15) is 0 Å². The number of benzene rings is 2. The number of hydrogen-bond donors (Lipinski definition) is 2. The number of aliphatic carboxylic acids is 1. The zero-order valence-electron chi connectivity index (χ0n) is 19.3. The number of rotatable bonds is 7. The smallest absolute Gasteiger partial charge is 0.407 e. The topological polar surface area (TPSA) is 95.9 Å². The van der Waals surface area contributed by atoms with Gasteiger partial charge in [-0.1, -0.05) is 55.5 Å². The van der Waals surface area contributed by atoms with E-state index in [0.29, 0.717) is 26.1 Å². The maximum absolute atomic E-state index is 12.8. The number of ether oxygens (including phenoxy) is 1. The Morgan fingerprint density at radius 1 is 1.06 bits per heavy atom. The third-order valence-electron chi connectivity index (χ3n) is 7.70. The van der Waals surface area contributed by atoms with E-state index in [0.717, 1.165) is 6.42 Å². The van der Waals surface area contributed by atoms with Crippen molar-refractivity contribution in [3.05, 3.63) is 59.7 Å². The minimum Gasteiger partial charge on any atom is -0.481 e. The van der Waals surface area contributed by atoms with Crippen molar-refractivity contribution in [3.8, 4) is 11.1 Å². The molecule has 0 radical (unpaired) electrons. The van der Waals surface area contributed by atoms with E-state index in [1.54, 1.807) is 4.90 Å². The standard InChI is InChI=1S/C27H30N2O5/c1-16(25(30)29-13-11-21-22(14-29)24(21)26(31)32)10-12-28-27(33)34-15-23-19-8-4-2-6-17(19)18-7-3-5-9-20(18)23/h2-9,16,21-24H,10-15H2,1H3,(H,28,33)(H,31,32)/t16?,21-,22+,24?/m0/s1. The van der Waals surface area contributed by atoms with E-state index in [2.05, 4.69) is 29.6 Å². The molecule has 7 nitrogen and oxygen atoms in total. The van der Waals surface area contributed by atoms with Crippen LogP contribution in [0, 0.1) is 23.7 Å². The molecule has 2 aliphatic carbocycles. The lowest BCUT2D eigenvalue weighted by atomic mass is 9.98. The Balaban J connectivity index is 1.08. The van der Waals surface area contributed by atoms with E-state index >= 15 is 0 Å². The lowest BCUT2D eigenvalue weighted by Crippen LogP contribution is -2.41. The van der Waals surface area contributed by atoms with Gasteiger partial charge in [-0.05, 0) is 46.9 Å². The molecule has 1 heterocycles. The molecule has 2 aromatic carbocycles. The summed E-state index contributed by atoms with van der Waals surface area (Å²) in [4.78, 5) is 38.2. The summed E-state index contributed by atoms with van der Waals surface area (Å²) >= 11 is 0. The zero-order chi connectivity index (χ0) is 23.8. The summed E-state index contributed by atoms with van der Waals surface area (Å²) in [6, 6.07) is 16.4. The first-order chi connectivity index (χ1) is 16.5. The summed E-state index contributed by atoms with van der Waals surface area (Å²) in [5.41, 5.74) is 4.70. The summed E-state index contributed by atoms with van der Waals surface area (Å²) in [5.74, 6) is -0.906. The fourth-order valence-corrected chi connectivity index (χ4v) is 5.78. The fourth-order valence-electron chi connectivity index (χ4n) is 5.78. The quantitative estimate of drug-likeness (QED) is 0.654. The first-order valence-electron chi connectivity index (χ1n) is 12.1. The molecule has 2 fully saturated rings. The Kier molecular flexibility index (Phi) is 6.02. The number of hydrogen-bond acceptors (Lipinski definition) is 4. The largest absolute Gasteiger partial charge is 0.481 e. The highest BCUT2D eigenvalue weighted by atomic mass is 16.5. The van der Waals surface area contributed by atoms with Gasteiger partial charge in [0.2, 0.25) is 5.91 Å². The summed E-state index contributed by atoms with van der Waals surface area (Å²) in [6.07, 6.45) is 0.790. The highest BCUT2D eigenvalue weighted by molar-refractivity contribution is 5.80. The van der Waals surface area contributed by atoms with Crippen LogP contribution in [-0.2, 0) is 14.3 Å². The molecule has 2 aromatic rings. The second kappa shape index (κ2) is 9.12. The number of carboxylic acid groups (broad SMARTS) is 1. The maximum Gasteiger partial charge on any atom is 0.407 e. The van der Waals surface area contributed by atoms with E-state index in [1.165, 1.54) is 22.3 Å². The molecule has 1 saturated carbocycles. The second-order valence-electron chi connectivity index (χ2n) is 9.71. The number of alkyl carbamates (subject to hydrolysis) is 1. The number of likely N-dealkylation sites (tertiary alicyclic amines) is 1. The molecule has 1 aliphatic heterocycles. The molecule has 3 aliphatic rings. The van der Waals surface area contributed by atoms with Gasteiger partial charge in [0.15, 0.2) is 0 Å². The number of piperidine rings is 1. The highest BCUT2D eigenvalue weighted by Gasteiger charge is 2.57. The Morgan fingerprint density at radius 2 is 1.71 bits per heavy atom. The van der Waals surface area contributed by atoms with E-state index in [-0.39, 0.29) is 42.1 Å². The highest BCUT2D eigenvalue weighted by Crippen LogP contribution is 2.51. The van der Waals surface area contributed by atoms with Crippen molar-refractivity contribution in [2.24, 2.45) is 23.7 Å². The lowest BCUT2D eigenvalue weighted by Gasteiger charge is -2.28. The molecule has 2 unspecified atom stereocenters. The molecule has 0 bridgehead atoms. The zero-order valence-corrected chi connectivity index (χ0v) is 19.3. The monoisotopic (exact) mass is 462 g/mol. The molecule has 5 rings (SSSR count). The predicted octanol–water partition coefficient (Wildman–Crippen LogP) is 3.73. The van der Waals surface area contributed by atoms with Gasteiger partial charge in [-0.25, -0.2) is 4.79 Å². The van der Waals surface area contributed by atoms with Crippen molar-refractivity contribution in [2.45, 2.75) is 25.7 Å². The minimum atomic E-state index is -0.746. The van der Waals surface area contributed by atoms with Gasteiger partial charge in [0.25, 0.3) is 0 Å². The van der Waals surface area contributed by atoms with Crippen LogP contribution in [0.3, 0.4) is 0 Å². The number of nitrogens with zero attached hydrogens (tertiary/aromatic N) is 1. The van der Waals surface area contributed by atoms with Gasteiger partial charge in [0.1, 0.15) is 6.61 Å². The van der Waals surface area contributed by atoms with Gasteiger partial charge in [0.05, 0.1) is 5.92 Å². The molecular formula is C27H30N2O5. The van der Waals surface area contributed by atoms with Crippen molar-refractivity contribution in [2.75, 3.05) is 26.2 Å². The number of fused-ring (bicyclic) bond motifs is 4. The van der Waals surface area contributed by atoms with Crippen molar-refractivity contribution >= 4 is 18.0 Å². The van der Waals surface area contributed by atoms with Crippen molar-refractivity contribution < 1.29 is 24.2 Å². The molecule has 0 spiro atoms. The molecule has 34 heavy (non-hydrogen) atoms. The molecule has 4 atom stereocenters. The van der Waals surface area contributed by atoms with Crippen molar-refractivity contribution in [3.63, 3.8) is 0 Å². The van der Waals surface area contributed by atoms with Crippen LogP contribution in [0.1, 0.15) is 36.8 Å². The molecule has 2 amide bonds. The third-order valence-corrected chi connectivity index (χ3v) is 7.70. The summed E-state index contributed by atoms with van der Waals surface area (Å²) in [7, 11) is 0. The van der Waals surface area contributed by atoms with Gasteiger partial charge in [-0.3, -0.25) is 9.59 Å². The van der Waals surface area contributed by atoms with Gasteiger partial charge in [-0.15, -0.1) is 0 Å². The van der Waals surface area contributed by atoms with Crippen LogP contribution in [-0.4, -0.2) is 54.2 Å². The van der Waals surface area contributed by atoms with E-state index in [9.17, 15) is 19.5 Å². The molecule has 1 saturated heterocycles. The number of carbonyl (C=O) groups excluding carboxylic acids is 2. The van der Waals surface area contributed by atoms with E-state index in [1.807, 2.05) is 31.2 Å². The molecular weight excluding hydrogens is 432 g/mol. The minimum absolute atomic E-state index is 0.0126. The SMILES string of the molecule is CC(CCNC(=O)OCC1c2ccccc2-c2ccccc21)C(=O)N1CC[C@@H]2C(C(=O)O)[C@@H]2C1. The normalized spacial score (nSPS) is 23.3. The Hall–Kier alpha value is -3.35. The van der Waals surface area contributed by atoms with Crippen LogP contribution in [0.4, 0.5) is 4.79 Å². The number of carbonyl (C=O) groups is 3. The number of amides is 2. The molecule has 2 N–H and O–H groups in total. The van der Waals surface area contributed by atoms with Gasteiger partial charge >= 0.3 is 12.1 Å². The molecule has 7 heteroatoms. The summed E-state index contributed by atoms with van der Waals surface area (Å²) in [5, 5.41) is 12.0. The lowest BCUT2D eigenvalue weighted by molar-refractivity contribution is -0.139. The van der Waals surface area contributed by atoms with E-state index in [4.69, 9.17) is 4.74 Å². The average Bonchev–Trinajstić information content (AvgIpc) is 3.49. The Morgan fingerprint density at radius 3 is 2.35 bits per heavy atom. The number of nitrogens with one attached hydrogen (secondary N) is 1. The summed E-state index contributed by atoms with van der Waals surface area (Å²) < 4.78 is 5.55. The maximum atomic E-state index is 12.8. The Labute approximate surface area is 199 Å². The summed E-state index contributed by atoms with van der Waals surface area (Å²) in [6.45, 7) is 3.62. The number of carboxylic acids is 1. The van der Waals surface area contributed by atoms with Crippen molar-refractivity contribution in [1.82, 2.24) is 10.2 Å². The van der Waals surface area contributed by atoms with Crippen LogP contribution in [0.2, 0.25) is 0 Å². The average molecular weight is 463 g/mol. The van der Waals surface area contributed by atoms with Crippen LogP contribution < -0.4 is 5.32 Å². The van der Waals surface area contributed by atoms with Crippen molar-refractivity contribution in [1.29, 1.82) is 0 Å². The van der Waals surface area contributed by atoms with Crippen LogP contribution in [0.15, 0.2) is 48.5 Å². The first kappa shape index (κ1) is 22.4. The van der Waals surface area contributed by atoms with E-state index < -0.39 is 12.1 Å². The fraction of sp³-hybridized carbons (Fsp3) is 0.444. The first-order valence-corrected chi connectivity index (χ1v) is 12.1. The molecule has 178 valence electrons. The molecule has 0 aromatic heterocycles. The Bertz CT molecular complexity index is 1070. The predicted molar refractivity (Wildman–Crippen MR) is 126 cm³/mol. The van der Waals surface area contributed by atoms with Crippen LogP contribution >= 0.6 is 0 Å². The van der Waals surface area contributed by atoms with Crippen LogP contribution in [0.25, 0.3) is 11.1 Å².